The summed E-state index contributed by atoms with van der Waals surface area (Å²) < 4.78 is 0. The Morgan fingerprint density at radius 2 is 2.15 bits per heavy atom. The minimum atomic E-state index is -1.17. The van der Waals surface area contributed by atoms with Crippen LogP contribution >= 0.6 is 0 Å². The van der Waals surface area contributed by atoms with Crippen LogP contribution in [0, 0.1) is 0 Å². The van der Waals surface area contributed by atoms with E-state index >= 15 is 0 Å². The molecule has 102 valence electrons. The van der Waals surface area contributed by atoms with Crippen LogP contribution in [0.4, 0.5) is 0 Å². The fraction of sp³-hybridized carbons (Fsp3) is 0.333. The molecule has 5 heteroatoms. The van der Waals surface area contributed by atoms with E-state index in [0.717, 1.165) is 22.2 Å². The van der Waals surface area contributed by atoms with Crippen LogP contribution in [-0.2, 0) is 16.0 Å². The molecule has 2 aromatic rings. The van der Waals surface area contributed by atoms with Crippen molar-refractivity contribution in [3.63, 3.8) is 0 Å². The number of aromatic nitrogens is 1. The molecule has 4 rings (SSSR count). The molecule has 1 aromatic heterocycles. The van der Waals surface area contributed by atoms with Crippen LogP contribution in [0.15, 0.2) is 24.3 Å². The molecule has 1 fully saturated rings. The number of benzene rings is 1. The third kappa shape index (κ3) is 1.37. The third-order valence-corrected chi connectivity index (χ3v) is 4.44. The van der Waals surface area contributed by atoms with Crippen LogP contribution in [0.1, 0.15) is 30.1 Å². The van der Waals surface area contributed by atoms with E-state index in [4.69, 9.17) is 0 Å². The molecule has 2 aliphatic heterocycles. The van der Waals surface area contributed by atoms with Crippen LogP contribution < -0.4 is 5.11 Å². The summed E-state index contributed by atoms with van der Waals surface area (Å²) in [6.07, 6.45) is 1.40. The monoisotopic (exact) mass is 269 g/mol. The number of hydrogen-bond donors (Lipinski definition) is 1. The summed E-state index contributed by atoms with van der Waals surface area (Å²) in [6, 6.07) is 6.85. The Kier molecular flexibility index (Phi) is 2.22. The average Bonchev–Trinajstić information content (AvgIpc) is 2.99. The predicted octanol–water partition coefficient (Wildman–Crippen LogP) is 0.506. The van der Waals surface area contributed by atoms with Crippen molar-refractivity contribution in [2.24, 2.45) is 0 Å². The predicted molar refractivity (Wildman–Crippen MR) is 69.6 cm³/mol. The van der Waals surface area contributed by atoms with Crippen molar-refractivity contribution in [1.29, 1.82) is 0 Å². The summed E-state index contributed by atoms with van der Waals surface area (Å²) in [4.78, 5) is 28.2. The topological polar surface area (TPSA) is 76.2 Å². The number of aromatic amines is 1. The number of nitrogens with zero attached hydrogens (tertiary/aromatic N) is 1. The molecule has 0 radical (unpaired) electrons. The van der Waals surface area contributed by atoms with Gasteiger partial charge in [0.05, 0.1) is 18.1 Å². The van der Waals surface area contributed by atoms with Gasteiger partial charge in [-0.2, -0.15) is 0 Å². The largest absolute Gasteiger partial charge is 0.548 e. The van der Waals surface area contributed by atoms with Gasteiger partial charge in [0.2, 0.25) is 5.91 Å². The SMILES string of the molecule is O=C([O-])[C@@H]1Cc2c([nH]c3ccccc23)[C@@H]2CCC(=O)N12. The fourth-order valence-corrected chi connectivity index (χ4v) is 3.59. The van der Waals surface area contributed by atoms with Crippen molar-refractivity contribution in [3.05, 3.63) is 35.5 Å². The van der Waals surface area contributed by atoms with Gasteiger partial charge in [-0.25, -0.2) is 0 Å². The van der Waals surface area contributed by atoms with E-state index in [-0.39, 0.29) is 11.9 Å². The lowest BCUT2D eigenvalue weighted by Crippen LogP contribution is -2.52. The summed E-state index contributed by atoms with van der Waals surface area (Å²) in [7, 11) is 0. The lowest BCUT2D eigenvalue weighted by atomic mass is 9.92. The number of carboxylic acid groups (broad SMARTS) is 1. The zero-order valence-electron chi connectivity index (χ0n) is 10.8. The number of nitrogens with one attached hydrogen (secondary N) is 1. The average molecular weight is 269 g/mol. The third-order valence-electron chi connectivity index (χ3n) is 4.44. The highest BCUT2D eigenvalue weighted by Crippen LogP contribution is 2.42. The molecule has 1 aromatic carbocycles. The van der Waals surface area contributed by atoms with Crippen LogP contribution in [-0.4, -0.2) is 27.8 Å². The van der Waals surface area contributed by atoms with E-state index in [2.05, 4.69) is 4.98 Å². The normalized spacial score (nSPS) is 24.8. The maximum Gasteiger partial charge on any atom is 0.223 e. The van der Waals surface area contributed by atoms with Crippen LogP contribution in [0.25, 0.3) is 10.9 Å². The van der Waals surface area contributed by atoms with Gasteiger partial charge >= 0.3 is 0 Å². The lowest BCUT2D eigenvalue weighted by molar-refractivity contribution is -0.312. The first-order chi connectivity index (χ1) is 9.66. The second-order valence-electron chi connectivity index (χ2n) is 5.46. The van der Waals surface area contributed by atoms with Gasteiger partial charge in [-0.1, -0.05) is 18.2 Å². The molecular formula is C15H13N2O3-. The number of carboxylic acids is 1. The minimum Gasteiger partial charge on any atom is -0.548 e. The molecule has 1 saturated heterocycles. The smallest absolute Gasteiger partial charge is 0.223 e. The Bertz CT molecular complexity index is 734. The minimum absolute atomic E-state index is 0.0893. The van der Waals surface area contributed by atoms with E-state index in [1.807, 2.05) is 24.3 Å². The summed E-state index contributed by atoms with van der Waals surface area (Å²) in [5.74, 6) is -1.25. The van der Waals surface area contributed by atoms with Gasteiger partial charge in [0.25, 0.3) is 0 Å². The van der Waals surface area contributed by atoms with E-state index in [9.17, 15) is 14.7 Å². The number of para-hydroxylation sites is 1. The number of H-pyrrole nitrogens is 1. The molecule has 0 unspecified atom stereocenters. The van der Waals surface area contributed by atoms with Gasteiger partial charge < -0.3 is 19.8 Å². The fourth-order valence-electron chi connectivity index (χ4n) is 3.59. The zero-order valence-corrected chi connectivity index (χ0v) is 10.8. The van der Waals surface area contributed by atoms with Crippen LogP contribution in [0.3, 0.4) is 0 Å². The molecule has 0 spiro atoms. The first-order valence-electron chi connectivity index (χ1n) is 6.78. The number of aliphatic carboxylic acids is 1. The molecule has 20 heavy (non-hydrogen) atoms. The number of carbonyl (C=O) groups is 2. The van der Waals surface area contributed by atoms with Gasteiger partial charge in [0.1, 0.15) is 0 Å². The Morgan fingerprint density at radius 1 is 1.35 bits per heavy atom. The van der Waals surface area contributed by atoms with E-state index in [0.29, 0.717) is 19.3 Å². The van der Waals surface area contributed by atoms with Crippen molar-refractivity contribution >= 4 is 22.8 Å². The number of fused-ring (bicyclic) bond motifs is 5. The van der Waals surface area contributed by atoms with Crippen LogP contribution in [0.2, 0.25) is 0 Å². The highest BCUT2D eigenvalue weighted by Gasteiger charge is 2.43. The first-order valence-corrected chi connectivity index (χ1v) is 6.78. The molecule has 0 saturated carbocycles. The maximum absolute atomic E-state index is 12.0. The van der Waals surface area contributed by atoms with Crippen LogP contribution in [0.5, 0.6) is 0 Å². The molecule has 1 amide bonds. The second kappa shape index (κ2) is 3.85. The lowest BCUT2D eigenvalue weighted by Gasteiger charge is -2.38. The molecule has 1 N–H and O–H groups in total. The first kappa shape index (κ1) is 11.5. The summed E-state index contributed by atoms with van der Waals surface area (Å²) in [5.41, 5.74) is 3.01. The van der Waals surface area contributed by atoms with Gasteiger partial charge in [-0.15, -0.1) is 0 Å². The van der Waals surface area contributed by atoms with Gasteiger partial charge in [-0.05, 0) is 18.1 Å². The molecule has 0 bridgehead atoms. The van der Waals surface area contributed by atoms with Crippen molar-refractivity contribution in [1.82, 2.24) is 9.88 Å². The second-order valence-corrected chi connectivity index (χ2v) is 5.46. The molecule has 3 heterocycles. The van der Waals surface area contributed by atoms with Crippen molar-refractivity contribution < 1.29 is 14.7 Å². The quantitative estimate of drug-likeness (QED) is 0.819. The molecule has 2 aliphatic rings. The van der Waals surface area contributed by atoms with Crippen molar-refractivity contribution in [2.45, 2.75) is 31.3 Å². The standard InChI is InChI=1S/C15H14N2O3/c18-13-6-5-11-14-9(7-12(15(19)20)17(11)13)8-3-1-2-4-10(8)16-14/h1-4,11-12,16H,5-7H2,(H,19,20)/p-1/t11-,12-/m0/s1. The van der Waals surface area contributed by atoms with Gasteiger partial charge in [-0.3, -0.25) is 4.79 Å². The summed E-state index contributed by atoms with van der Waals surface area (Å²) >= 11 is 0. The van der Waals surface area contributed by atoms with E-state index in [1.54, 1.807) is 0 Å². The number of rotatable bonds is 1. The Morgan fingerprint density at radius 3 is 2.95 bits per heavy atom. The maximum atomic E-state index is 12.0. The molecule has 2 atom stereocenters. The highest BCUT2D eigenvalue weighted by molar-refractivity contribution is 5.90. The molecule has 5 nitrogen and oxygen atoms in total. The van der Waals surface area contributed by atoms with Gasteiger partial charge in [0, 0.05) is 29.4 Å². The van der Waals surface area contributed by atoms with Crippen molar-refractivity contribution in [2.75, 3.05) is 0 Å². The number of carbonyl (C=O) groups excluding carboxylic acids is 2. The highest BCUT2D eigenvalue weighted by atomic mass is 16.4. The summed E-state index contributed by atoms with van der Waals surface area (Å²) in [5, 5.41) is 12.4. The van der Waals surface area contributed by atoms with Gasteiger partial charge in [0.15, 0.2) is 0 Å². The van der Waals surface area contributed by atoms with E-state index in [1.165, 1.54) is 4.90 Å². The Labute approximate surface area is 115 Å². The van der Waals surface area contributed by atoms with E-state index < -0.39 is 12.0 Å². The molecular weight excluding hydrogens is 256 g/mol. The Balaban J connectivity index is 1.94. The molecule has 0 aliphatic carbocycles. The number of hydrogen-bond acceptors (Lipinski definition) is 3. The summed E-state index contributed by atoms with van der Waals surface area (Å²) in [6.45, 7) is 0. The zero-order chi connectivity index (χ0) is 13.9. The van der Waals surface area contributed by atoms with Crippen molar-refractivity contribution in [3.8, 4) is 0 Å². The number of amides is 1. The Hall–Kier alpha value is -2.30.